The lowest BCUT2D eigenvalue weighted by atomic mass is 10.1. The second kappa shape index (κ2) is 9.61. The molecule has 4 rings (SSSR count). The minimum atomic E-state index is -0.199. The predicted molar refractivity (Wildman–Crippen MR) is 131 cm³/mol. The minimum Gasteiger partial charge on any atom is -0.369 e. The van der Waals surface area contributed by atoms with Crippen molar-refractivity contribution < 1.29 is 4.79 Å². The molecule has 3 aromatic rings. The number of fused-ring (bicyclic) bond motifs is 1. The van der Waals surface area contributed by atoms with Crippen LogP contribution in [0.4, 0.5) is 11.4 Å². The number of para-hydroxylation sites is 2. The van der Waals surface area contributed by atoms with E-state index >= 15 is 0 Å². The van der Waals surface area contributed by atoms with E-state index in [2.05, 4.69) is 35.0 Å². The van der Waals surface area contributed by atoms with E-state index < -0.39 is 0 Å². The maximum atomic E-state index is 12.9. The average Bonchev–Trinajstić information content (AvgIpc) is 3.05. The van der Waals surface area contributed by atoms with Crippen LogP contribution in [0, 0.1) is 6.92 Å². The highest BCUT2D eigenvalue weighted by Crippen LogP contribution is 2.25. The summed E-state index contributed by atoms with van der Waals surface area (Å²) in [6.07, 6.45) is 0.860. The molecule has 0 unspecified atom stereocenters. The summed E-state index contributed by atoms with van der Waals surface area (Å²) in [6, 6.07) is 13.7. The Morgan fingerprint density at radius 3 is 2.28 bits per heavy atom. The number of carbonyl (C=O) groups is 1. The second-order valence-corrected chi connectivity index (χ2v) is 8.48. The van der Waals surface area contributed by atoms with Crippen molar-refractivity contribution in [3.8, 4) is 0 Å². The topological polar surface area (TPSA) is 62.5 Å². The van der Waals surface area contributed by atoms with E-state index in [1.165, 1.54) is 5.69 Å². The van der Waals surface area contributed by atoms with Gasteiger partial charge in [0.05, 0.1) is 11.0 Å². The van der Waals surface area contributed by atoms with Gasteiger partial charge in [-0.05, 0) is 55.8 Å². The number of benzene rings is 2. The number of nitrogens with zero attached hydrogens (tertiary/aromatic N) is 4. The first-order valence-electron chi connectivity index (χ1n) is 11.6. The Morgan fingerprint density at radius 2 is 1.66 bits per heavy atom. The Kier molecular flexibility index (Phi) is 6.65. The average molecular weight is 436 g/mol. The molecule has 2 aromatic carbocycles. The summed E-state index contributed by atoms with van der Waals surface area (Å²) in [5.74, 6) is -0.199. The van der Waals surface area contributed by atoms with Crippen LogP contribution in [0.2, 0.25) is 0 Å². The molecule has 1 aliphatic heterocycles. The fourth-order valence-corrected chi connectivity index (χ4v) is 4.60. The molecule has 1 saturated heterocycles. The van der Waals surface area contributed by atoms with Crippen molar-refractivity contribution in [2.24, 2.45) is 0 Å². The molecule has 0 atom stereocenters. The van der Waals surface area contributed by atoms with Crippen molar-refractivity contribution in [3.05, 3.63) is 58.5 Å². The maximum absolute atomic E-state index is 12.9. The first kappa shape index (κ1) is 22.1. The van der Waals surface area contributed by atoms with Gasteiger partial charge in [-0.3, -0.25) is 13.9 Å². The van der Waals surface area contributed by atoms with Crippen LogP contribution < -0.4 is 15.9 Å². The van der Waals surface area contributed by atoms with Gasteiger partial charge in [0, 0.05) is 44.1 Å². The molecule has 1 aliphatic rings. The number of likely N-dealkylation sites (N-methyl/N-ethyl adjacent to an activating group) is 1. The first-order valence-corrected chi connectivity index (χ1v) is 11.6. The number of piperazine rings is 1. The summed E-state index contributed by atoms with van der Waals surface area (Å²) < 4.78 is 3.31. The monoisotopic (exact) mass is 435 g/mol. The Hall–Kier alpha value is -3.06. The number of nitrogens with one attached hydrogen (secondary N) is 1. The molecular formula is C25H33N5O2. The summed E-state index contributed by atoms with van der Waals surface area (Å²) >= 11 is 0. The lowest BCUT2D eigenvalue weighted by Gasteiger charge is -2.36. The van der Waals surface area contributed by atoms with Crippen molar-refractivity contribution >= 4 is 28.3 Å². The largest absolute Gasteiger partial charge is 0.369 e. The van der Waals surface area contributed by atoms with E-state index in [1.807, 2.05) is 43.3 Å². The number of carbonyl (C=O) groups excluding carboxylic acids is 1. The number of imidazole rings is 1. The zero-order valence-corrected chi connectivity index (χ0v) is 19.3. The van der Waals surface area contributed by atoms with Crippen LogP contribution >= 0.6 is 0 Å². The molecule has 7 nitrogen and oxygen atoms in total. The molecular weight excluding hydrogens is 402 g/mol. The van der Waals surface area contributed by atoms with Gasteiger partial charge in [-0.25, -0.2) is 4.79 Å². The SMILES string of the molecule is CCCn1c(=O)n(CC(=O)Nc2ccc(N3CCN(CC)CC3)c(C)c2)c2ccccc21. The van der Waals surface area contributed by atoms with Crippen molar-refractivity contribution in [1.82, 2.24) is 14.0 Å². The number of aromatic nitrogens is 2. The van der Waals surface area contributed by atoms with Crippen LogP contribution in [0.3, 0.4) is 0 Å². The fourth-order valence-electron chi connectivity index (χ4n) is 4.60. The van der Waals surface area contributed by atoms with E-state index in [0.29, 0.717) is 6.54 Å². The molecule has 0 bridgehead atoms. The second-order valence-electron chi connectivity index (χ2n) is 8.48. The van der Waals surface area contributed by atoms with Crippen LogP contribution in [-0.2, 0) is 17.9 Å². The van der Waals surface area contributed by atoms with Gasteiger partial charge < -0.3 is 15.1 Å². The van der Waals surface area contributed by atoms with E-state index in [-0.39, 0.29) is 18.1 Å². The summed E-state index contributed by atoms with van der Waals surface area (Å²) in [4.78, 5) is 30.6. The van der Waals surface area contributed by atoms with Crippen molar-refractivity contribution in [2.75, 3.05) is 42.9 Å². The van der Waals surface area contributed by atoms with Gasteiger partial charge in [0.25, 0.3) is 0 Å². The smallest absolute Gasteiger partial charge is 0.329 e. The Bertz CT molecular complexity index is 1150. The van der Waals surface area contributed by atoms with E-state index in [9.17, 15) is 9.59 Å². The number of amides is 1. The highest BCUT2D eigenvalue weighted by Gasteiger charge is 2.18. The van der Waals surface area contributed by atoms with Gasteiger partial charge in [0.2, 0.25) is 5.91 Å². The molecule has 0 aliphatic carbocycles. The van der Waals surface area contributed by atoms with Gasteiger partial charge in [-0.2, -0.15) is 0 Å². The third kappa shape index (κ3) is 4.43. The van der Waals surface area contributed by atoms with E-state index in [4.69, 9.17) is 0 Å². The number of hydrogen-bond acceptors (Lipinski definition) is 4. The third-order valence-corrected chi connectivity index (χ3v) is 6.31. The van der Waals surface area contributed by atoms with Crippen LogP contribution in [-0.4, -0.2) is 52.7 Å². The van der Waals surface area contributed by atoms with Crippen LogP contribution in [0.1, 0.15) is 25.8 Å². The van der Waals surface area contributed by atoms with Gasteiger partial charge in [0.1, 0.15) is 6.54 Å². The molecule has 1 amide bonds. The Balaban J connectivity index is 1.48. The van der Waals surface area contributed by atoms with Crippen LogP contribution in [0.25, 0.3) is 11.0 Å². The third-order valence-electron chi connectivity index (χ3n) is 6.31. The lowest BCUT2D eigenvalue weighted by molar-refractivity contribution is -0.116. The summed E-state index contributed by atoms with van der Waals surface area (Å²) in [7, 11) is 0. The normalized spacial score (nSPS) is 14.8. The predicted octanol–water partition coefficient (Wildman–Crippen LogP) is 3.30. The zero-order chi connectivity index (χ0) is 22.7. The van der Waals surface area contributed by atoms with Crippen molar-refractivity contribution in [3.63, 3.8) is 0 Å². The summed E-state index contributed by atoms with van der Waals surface area (Å²) in [5.41, 5.74) is 4.64. The number of hydrogen-bond donors (Lipinski definition) is 1. The highest BCUT2D eigenvalue weighted by atomic mass is 16.2. The van der Waals surface area contributed by atoms with Crippen molar-refractivity contribution in [2.45, 2.75) is 40.3 Å². The molecule has 2 heterocycles. The summed E-state index contributed by atoms with van der Waals surface area (Å²) in [5, 5.41) is 2.98. The minimum absolute atomic E-state index is 0.00413. The molecule has 1 N–H and O–H groups in total. The first-order chi connectivity index (χ1) is 15.5. The van der Waals surface area contributed by atoms with E-state index in [1.54, 1.807) is 9.13 Å². The van der Waals surface area contributed by atoms with Gasteiger partial charge >= 0.3 is 5.69 Å². The number of anilines is 2. The highest BCUT2D eigenvalue weighted by molar-refractivity contribution is 5.92. The Morgan fingerprint density at radius 1 is 0.969 bits per heavy atom. The molecule has 0 spiro atoms. The molecule has 1 fully saturated rings. The Labute approximate surface area is 189 Å². The number of aryl methyl sites for hydroxylation is 2. The van der Waals surface area contributed by atoms with Gasteiger partial charge in [-0.15, -0.1) is 0 Å². The lowest BCUT2D eigenvalue weighted by Crippen LogP contribution is -2.46. The van der Waals surface area contributed by atoms with Crippen LogP contribution in [0.15, 0.2) is 47.3 Å². The fraction of sp³-hybridized carbons (Fsp3) is 0.440. The number of rotatable bonds is 7. The van der Waals surface area contributed by atoms with E-state index in [0.717, 1.165) is 61.4 Å². The molecule has 170 valence electrons. The zero-order valence-electron chi connectivity index (χ0n) is 19.3. The maximum Gasteiger partial charge on any atom is 0.329 e. The van der Waals surface area contributed by atoms with Gasteiger partial charge in [0.15, 0.2) is 0 Å². The molecule has 0 radical (unpaired) electrons. The van der Waals surface area contributed by atoms with Crippen molar-refractivity contribution in [1.29, 1.82) is 0 Å². The van der Waals surface area contributed by atoms with Crippen LogP contribution in [0.5, 0.6) is 0 Å². The van der Waals surface area contributed by atoms with Gasteiger partial charge in [-0.1, -0.05) is 26.0 Å². The molecule has 1 aromatic heterocycles. The summed E-state index contributed by atoms with van der Waals surface area (Å²) in [6.45, 7) is 12.3. The quantitative estimate of drug-likeness (QED) is 0.619. The molecule has 32 heavy (non-hydrogen) atoms. The standard InChI is InChI=1S/C25H33N5O2/c1-4-12-29-22-8-6-7-9-23(22)30(25(29)32)18-24(31)26-20-10-11-21(19(3)17-20)28-15-13-27(5-2)14-16-28/h6-11,17H,4-5,12-16,18H2,1-3H3,(H,26,31). The molecule has 7 heteroatoms. The molecule has 0 saturated carbocycles.